The number of carbonyl (C=O) groups excluding carboxylic acids is 5. The molecule has 4 rings (SSSR count). The number of amides is 2. The van der Waals surface area contributed by atoms with E-state index >= 15 is 0 Å². The molecule has 0 aliphatic carbocycles. The molecule has 3 aromatic carbocycles. The van der Waals surface area contributed by atoms with Gasteiger partial charge in [-0.2, -0.15) is 0 Å². The molecule has 0 radical (unpaired) electrons. The van der Waals surface area contributed by atoms with Crippen molar-refractivity contribution >= 4 is 29.7 Å². The highest BCUT2D eigenvalue weighted by molar-refractivity contribution is 6.42. The number of nitrogens with one attached hydrogen (secondary N) is 2. The van der Waals surface area contributed by atoms with E-state index in [2.05, 4.69) is 15.6 Å². The molecule has 1 heterocycles. The molecule has 1 aromatic heterocycles. The number of carbonyl (C=O) groups is 5. The summed E-state index contributed by atoms with van der Waals surface area (Å²) in [5, 5.41) is 5.26. The van der Waals surface area contributed by atoms with Crippen LogP contribution in [0.3, 0.4) is 0 Å². The fourth-order valence-corrected chi connectivity index (χ4v) is 4.51. The Balaban J connectivity index is 1.28. The number of unbranched alkanes of at least 4 members (excludes halogenated alkanes) is 1. The Morgan fingerprint density at radius 3 is 2.02 bits per heavy atom. The molecule has 4 N–H and O–H groups in total. The third-order valence-electron chi connectivity index (χ3n) is 7.09. The first-order valence-electron chi connectivity index (χ1n) is 15.2. The maximum absolute atomic E-state index is 13.1. The molecule has 4 aromatic rings. The van der Waals surface area contributed by atoms with Gasteiger partial charge in [-0.05, 0) is 30.4 Å². The molecule has 2 atom stereocenters. The number of Topliss-reactive ketones (excluding diaryl/α,β-unsaturated/α-hetero) is 1. The summed E-state index contributed by atoms with van der Waals surface area (Å²) in [6, 6.07) is 24.5. The predicted octanol–water partition coefficient (Wildman–Crippen LogP) is 3.34. The molecule has 0 bridgehead atoms. The van der Waals surface area contributed by atoms with Crippen molar-refractivity contribution in [2.75, 3.05) is 6.54 Å². The number of aromatic nitrogens is 2. The summed E-state index contributed by atoms with van der Waals surface area (Å²) in [7, 11) is 0. The van der Waals surface area contributed by atoms with Gasteiger partial charge in [0.1, 0.15) is 25.6 Å². The minimum absolute atomic E-state index is 0.00193. The van der Waals surface area contributed by atoms with E-state index in [1.54, 1.807) is 30.3 Å². The van der Waals surface area contributed by atoms with E-state index in [1.807, 2.05) is 60.7 Å². The number of nitrogens with two attached hydrogens (primary N) is 1. The van der Waals surface area contributed by atoms with Crippen LogP contribution in [-0.4, -0.2) is 57.8 Å². The second-order valence-corrected chi connectivity index (χ2v) is 10.7. The molecule has 0 unspecified atom stereocenters. The quantitative estimate of drug-likeness (QED) is 0.0720. The van der Waals surface area contributed by atoms with E-state index in [4.69, 9.17) is 15.2 Å². The summed E-state index contributed by atoms with van der Waals surface area (Å²) < 4.78 is 11.9. The van der Waals surface area contributed by atoms with Crippen molar-refractivity contribution in [2.24, 2.45) is 5.73 Å². The van der Waals surface area contributed by atoms with Gasteiger partial charge in [-0.1, -0.05) is 91.0 Å². The summed E-state index contributed by atoms with van der Waals surface area (Å²) in [4.78, 5) is 67.2. The van der Waals surface area contributed by atoms with Gasteiger partial charge in [0.25, 0.3) is 5.91 Å². The van der Waals surface area contributed by atoms with Crippen molar-refractivity contribution < 1.29 is 33.4 Å². The van der Waals surface area contributed by atoms with E-state index in [-0.39, 0.29) is 32.6 Å². The highest BCUT2D eigenvalue weighted by Crippen LogP contribution is 2.09. The molecule has 0 aliphatic rings. The van der Waals surface area contributed by atoms with Gasteiger partial charge < -0.3 is 25.8 Å². The maximum Gasteiger partial charge on any atom is 0.419 e. The first kappa shape index (κ1) is 34.3. The van der Waals surface area contributed by atoms with Crippen molar-refractivity contribution in [2.45, 2.75) is 51.0 Å². The number of hydrogen-bond acceptors (Lipinski definition) is 9. The number of hydrogen-bond donors (Lipinski definition) is 3. The van der Waals surface area contributed by atoms with Crippen molar-refractivity contribution in [1.82, 2.24) is 20.2 Å². The Morgan fingerprint density at radius 1 is 0.787 bits per heavy atom. The topological polar surface area (TPSA) is 172 Å². The van der Waals surface area contributed by atoms with Gasteiger partial charge in [0.15, 0.2) is 0 Å². The van der Waals surface area contributed by atoms with Crippen LogP contribution in [0.4, 0.5) is 4.79 Å². The lowest BCUT2D eigenvalue weighted by molar-refractivity contribution is -0.149. The number of benzene rings is 3. The fourth-order valence-electron chi connectivity index (χ4n) is 4.51. The Bertz CT molecular complexity index is 1630. The monoisotopic (exact) mass is 639 g/mol. The zero-order valence-corrected chi connectivity index (χ0v) is 25.7. The smallest absolute Gasteiger partial charge is 0.419 e. The average molecular weight is 640 g/mol. The largest absolute Gasteiger partial charge is 0.459 e. The van der Waals surface area contributed by atoms with E-state index < -0.39 is 41.7 Å². The Kier molecular flexibility index (Phi) is 12.9. The minimum Gasteiger partial charge on any atom is -0.459 e. The molecule has 12 nitrogen and oxygen atoms in total. The maximum atomic E-state index is 13.1. The number of rotatable bonds is 16. The van der Waals surface area contributed by atoms with E-state index in [1.165, 1.54) is 17.1 Å². The number of nitrogens with zero attached hydrogens (tertiary/aromatic N) is 2. The van der Waals surface area contributed by atoms with Gasteiger partial charge in [-0.25, -0.2) is 19.1 Å². The average Bonchev–Trinajstić information content (AvgIpc) is 3.58. The van der Waals surface area contributed by atoms with Crippen molar-refractivity contribution in [1.29, 1.82) is 0 Å². The normalized spacial score (nSPS) is 11.9. The van der Waals surface area contributed by atoms with Crippen LogP contribution in [-0.2, 0) is 43.5 Å². The lowest BCUT2D eigenvalue weighted by Gasteiger charge is -2.20. The minimum atomic E-state index is -1.08. The number of imidazole rings is 1. The number of esters is 1. The third-order valence-corrected chi connectivity index (χ3v) is 7.09. The van der Waals surface area contributed by atoms with E-state index in [9.17, 15) is 24.0 Å². The Hall–Kier alpha value is -5.62. The summed E-state index contributed by atoms with van der Waals surface area (Å²) in [5.74, 6) is -2.60. The zero-order chi connectivity index (χ0) is 33.4. The zero-order valence-electron chi connectivity index (χ0n) is 25.7. The van der Waals surface area contributed by atoms with Gasteiger partial charge in [-0.15, -0.1) is 0 Å². The first-order valence-corrected chi connectivity index (χ1v) is 15.2. The Morgan fingerprint density at radius 2 is 1.38 bits per heavy atom. The van der Waals surface area contributed by atoms with E-state index in [0.717, 1.165) is 11.1 Å². The van der Waals surface area contributed by atoms with Crippen molar-refractivity contribution in [3.8, 4) is 0 Å². The van der Waals surface area contributed by atoms with Gasteiger partial charge in [0.2, 0.25) is 11.7 Å². The summed E-state index contributed by atoms with van der Waals surface area (Å²) in [5.41, 5.74) is 8.45. The summed E-state index contributed by atoms with van der Waals surface area (Å²) >= 11 is 0. The molecule has 0 aliphatic heterocycles. The second kappa shape index (κ2) is 17.8. The Labute approximate surface area is 272 Å². The molecule has 0 spiro atoms. The molecule has 0 saturated carbocycles. The van der Waals surface area contributed by atoms with Crippen LogP contribution < -0.4 is 16.4 Å². The summed E-state index contributed by atoms with van der Waals surface area (Å²) in [6.45, 7) is 0.315. The number of ether oxygens (including phenoxy) is 2. The fraction of sp³-hybridized carbons (Fsp3) is 0.257. The lowest BCUT2D eigenvalue weighted by Crippen LogP contribution is -2.49. The van der Waals surface area contributed by atoms with Crippen LogP contribution in [0.15, 0.2) is 104 Å². The van der Waals surface area contributed by atoms with E-state index in [0.29, 0.717) is 24.1 Å². The van der Waals surface area contributed by atoms with Crippen LogP contribution in [0.2, 0.25) is 0 Å². The predicted molar refractivity (Wildman–Crippen MR) is 172 cm³/mol. The standard InChI is InChI=1S/C35H37N5O7/c36-29(20-28-21-40(24-38-28)35(45)47-23-26-14-6-2-7-15-26)32(42)39-30(34(44)46-22-25-12-4-1-5-13-25)18-10-11-19-37-33(43)31(41)27-16-8-3-9-17-27/h1-9,12-17,21,24,29-30H,10-11,18-20,22-23,36H2,(H,37,43)(H,39,42)/t29-,30-/m0/s1. The molecule has 2 amide bonds. The van der Waals surface area contributed by atoms with Crippen LogP contribution in [0, 0.1) is 0 Å². The SMILES string of the molecule is N[C@@H](Cc1cn(C(=O)OCc2ccccc2)cn1)C(=O)N[C@@H](CCCCNC(=O)C(=O)c1ccccc1)C(=O)OCc1ccccc1. The first-order chi connectivity index (χ1) is 22.8. The highest BCUT2D eigenvalue weighted by Gasteiger charge is 2.26. The molecule has 0 saturated heterocycles. The molecule has 47 heavy (non-hydrogen) atoms. The van der Waals surface area contributed by atoms with Crippen molar-refractivity contribution in [3.63, 3.8) is 0 Å². The van der Waals surface area contributed by atoms with Gasteiger partial charge in [0.05, 0.1) is 11.7 Å². The second-order valence-electron chi connectivity index (χ2n) is 10.7. The van der Waals surface area contributed by atoms with Gasteiger partial charge in [0, 0.05) is 24.7 Å². The van der Waals surface area contributed by atoms with Crippen LogP contribution in [0.5, 0.6) is 0 Å². The van der Waals surface area contributed by atoms with Crippen molar-refractivity contribution in [3.05, 3.63) is 126 Å². The molecule has 0 fully saturated rings. The molecular weight excluding hydrogens is 602 g/mol. The third kappa shape index (κ3) is 11.0. The molecule has 12 heteroatoms. The van der Waals surface area contributed by atoms with Gasteiger partial charge in [-0.3, -0.25) is 14.4 Å². The van der Waals surface area contributed by atoms with Crippen LogP contribution >= 0.6 is 0 Å². The highest BCUT2D eigenvalue weighted by atomic mass is 16.5. The van der Waals surface area contributed by atoms with Gasteiger partial charge >= 0.3 is 12.1 Å². The van der Waals surface area contributed by atoms with Crippen LogP contribution in [0.25, 0.3) is 0 Å². The lowest BCUT2D eigenvalue weighted by atomic mass is 10.1. The molecule has 244 valence electrons. The summed E-state index contributed by atoms with van der Waals surface area (Å²) in [6.07, 6.45) is 3.15. The number of ketones is 1. The van der Waals surface area contributed by atoms with Crippen LogP contribution in [0.1, 0.15) is 46.4 Å². The molecular formula is C35H37N5O7.